The maximum absolute atomic E-state index is 13.2. The van der Waals surface area contributed by atoms with Crippen LogP contribution in [0.4, 0.5) is 0 Å². The van der Waals surface area contributed by atoms with Crippen molar-refractivity contribution >= 4 is 27.5 Å². The van der Waals surface area contributed by atoms with Gasteiger partial charge in [-0.1, -0.05) is 11.6 Å². The molecule has 1 N–H and O–H groups in total. The Kier molecular flexibility index (Phi) is 5.60. The topological polar surface area (TPSA) is 75.7 Å². The van der Waals surface area contributed by atoms with E-state index in [2.05, 4.69) is 12.2 Å². The predicted molar refractivity (Wildman–Crippen MR) is 119 cm³/mol. The molecule has 4 aliphatic carbocycles. The fourth-order valence-corrected chi connectivity index (χ4v) is 8.55. The molecule has 5 aliphatic rings. The molecule has 4 bridgehead atoms. The number of morpholine rings is 1. The van der Waals surface area contributed by atoms with Crippen molar-refractivity contribution in [1.29, 1.82) is 0 Å². The smallest absolute Gasteiger partial charge is 0.253 e. The number of nitrogens with zero attached hydrogens (tertiary/aromatic N) is 1. The first-order chi connectivity index (χ1) is 14.8. The third-order valence-electron chi connectivity index (χ3n) is 8.14. The second-order valence-corrected chi connectivity index (χ2v) is 12.5. The van der Waals surface area contributed by atoms with Gasteiger partial charge in [-0.2, -0.15) is 4.31 Å². The zero-order valence-electron chi connectivity index (χ0n) is 18.0. The molecule has 0 radical (unpaired) electrons. The molecule has 1 aromatic carbocycles. The van der Waals surface area contributed by atoms with E-state index in [0.717, 1.165) is 17.8 Å². The van der Waals surface area contributed by atoms with Crippen LogP contribution in [0.5, 0.6) is 0 Å². The van der Waals surface area contributed by atoms with Gasteiger partial charge in [0.15, 0.2) is 0 Å². The third kappa shape index (κ3) is 3.92. The summed E-state index contributed by atoms with van der Waals surface area (Å²) in [5, 5.41) is 3.47. The van der Waals surface area contributed by atoms with Crippen LogP contribution in [0.15, 0.2) is 23.1 Å². The van der Waals surface area contributed by atoms with Gasteiger partial charge in [0.05, 0.1) is 28.7 Å². The minimum atomic E-state index is -3.69. The quantitative estimate of drug-likeness (QED) is 0.717. The van der Waals surface area contributed by atoms with E-state index < -0.39 is 10.0 Å². The fraction of sp³-hybridized carbons (Fsp3) is 0.696. The number of carbonyl (C=O) groups is 1. The van der Waals surface area contributed by atoms with Crippen molar-refractivity contribution in [3.63, 3.8) is 0 Å². The average Bonchev–Trinajstić information content (AvgIpc) is 2.73. The summed E-state index contributed by atoms with van der Waals surface area (Å²) >= 11 is 6.34. The Hall–Kier alpha value is -1.15. The van der Waals surface area contributed by atoms with Crippen molar-refractivity contribution in [1.82, 2.24) is 9.62 Å². The molecule has 6 rings (SSSR count). The Morgan fingerprint density at radius 2 is 1.71 bits per heavy atom. The molecule has 4 saturated carbocycles. The molecule has 1 aromatic rings. The van der Waals surface area contributed by atoms with Gasteiger partial charge in [-0.25, -0.2) is 8.42 Å². The molecule has 1 saturated heterocycles. The zero-order chi connectivity index (χ0) is 21.8. The predicted octanol–water partition coefficient (Wildman–Crippen LogP) is 3.70. The van der Waals surface area contributed by atoms with Crippen molar-refractivity contribution in [3.05, 3.63) is 28.8 Å². The van der Waals surface area contributed by atoms with Crippen LogP contribution in [-0.4, -0.2) is 51.0 Å². The van der Waals surface area contributed by atoms with E-state index in [9.17, 15) is 13.2 Å². The average molecular weight is 467 g/mol. The molecule has 0 aromatic heterocycles. The molecule has 1 unspecified atom stereocenters. The highest BCUT2D eigenvalue weighted by Crippen LogP contribution is 2.61. The molecule has 6 nitrogen and oxygen atoms in total. The number of sulfonamides is 1. The Labute approximate surface area is 189 Å². The number of hydrogen-bond acceptors (Lipinski definition) is 4. The van der Waals surface area contributed by atoms with E-state index in [-0.39, 0.29) is 32.8 Å². The lowest BCUT2D eigenvalue weighted by molar-refractivity contribution is -0.0688. The van der Waals surface area contributed by atoms with Crippen molar-refractivity contribution in [2.24, 2.45) is 23.2 Å². The van der Waals surface area contributed by atoms with Gasteiger partial charge < -0.3 is 10.1 Å². The highest BCUT2D eigenvalue weighted by atomic mass is 35.5. The fourth-order valence-electron chi connectivity index (χ4n) is 6.91. The summed E-state index contributed by atoms with van der Waals surface area (Å²) in [6.45, 7) is 3.50. The number of carbonyl (C=O) groups excluding carboxylic acids is 1. The van der Waals surface area contributed by atoms with E-state index in [1.54, 1.807) is 0 Å². The second kappa shape index (κ2) is 8.01. The van der Waals surface area contributed by atoms with E-state index in [1.807, 2.05) is 0 Å². The van der Waals surface area contributed by atoms with Gasteiger partial charge in [-0.3, -0.25) is 4.79 Å². The van der Waals surface area contributed by atoms with Gasteiger partial charge in [0.25, 0.3) is 5.91 Å². The highest BCUT2D eigenvalue weighted by Gasteiger charge is 2.53. The van der Waals surface area contributed by atoms with Crippen LogP contribution in [0, 0.1) is 23.2 Å². The van der Waals surface area contributed by atoms with Crippen LogP contribution in [0.3, 0.4) is 0 Å². The molecule has 0 spiro atoms. The van der Waals surface area contributed by atoms with Crippen molar-refractivity contribution < 1.29 is 17.9 Å². The van der Waals surface area contributed by atoms with Crippen LogP contribution in [-0.2, 0) is 14.8 Å². The van der Waals surface area contributed by atoms with Crippen molar-refractivity contribution in [3.8, 4) is 0 Å². The molecule has 8 heteroatoms. The maximum atomic E-state index is 13.2. The number of hydrogen-bond donors (Lipinski definition) is 1. The molecule has 1 amide bonds. The van der Waals surface area contributed by atoms with E-state index in [1.165, 1.54) is 61.0 Å². The molecule has 1 heterocycles. The van der Waals surface area contributed by atoms with Crippen molar-refractivity contribution in [2.45, 2.75) is 56.4 Å². The number of halogens is 1. The lowest BCUT2D eigenvalue weighted by Gasteiger charge is -2.59. The SMILES string of the molecule is CC(NC(=O)c1cc(S(=O)(=O)N2CCOCC2)ccc1Cl)C12CC3CC(CC(C3)C1)C2. The minimum Gasteiger partial charge on any atom is -0.379 e. The van der Waals surface area contributed by atoms with E-state index >= 15 is 0 Å². The maximum Gasteiger partial charge on any atom is 0.253 e. The molecule has 1 aliphatic heterocycles. The lowest BCUT2D eigenvalue weighted by Crippen LogP contribution is -2.55. The Morgan fingerprint density at radius 1 is 1.13 bits per heavy atom. The number of amides is 1. The standard InChI is InChI=1S/C23H31ClN2O4S/c1-15(23-12-16-8-17(13-23)10-18(9-16)14-23)25-22(27)20-11-19(2-3-21(20)24)31(28,29)26-4-6-30-7-5-26/h2-3,11,15-18H,4-10,12-14H2,1H3,(H,25,27). The summed E-state index contributed by atoms with van der Waals surface area (Å²) < 4.78 is 32.7. The number of benzene rings is 1. The molecule has 5 fully saturated rings. The molecule has 170 valence electrons. The summed E-state index contributed by atoms with van der Waals surface area (Å²) in [6.07, 6.45) is 7.65. The summed E-state index contributed by atoms with van der Waals surface area (Å²) in [6, 6.07) is 4.46. The first-order valence-electron chi connectivity index (χ1n) is 11.5. The van der Waals surface area contributed by atoms with Crippen LogP contribution in [0.1, 0.15) is 55.8 Å². The minimum absolute atomic E-state index is 0.0453. The summed E-state index contributed by atoms with van der Waals surface area (Å²) in [4.78, 5) is 13.3. The monoisotopic (exact) mass is 466 g/mol. The molecular weight excluding hydrogens is 436 g/mol. The Morgan fingerprint density at radius 3 is 2.29 bits per heavy atom. The van der Waals surface area contributed by atoms with Crippen molar-refractivity contribution in [2.75, 3.05) is 26.3 Å². The Balaban J connectivity index is 1.35. The first kappa shape index (κ1) is 21.7. The van der Waals surface area contributed by atoms with Crippen LogP contribution >= 0.6 is 11.6 Å². The van der Waals surface area contributed by atoms with Gasteiger partial charge in [0, 0.05) is 19.1 Å². The highest BCUT2D eigenvalue weighted by molar-refractivity contribution is 7.89. The van der Waals surface area contributed by atoms with Crippen LogP contribution < -0.4 is 5.32 Å². The van der Waals surface area contributed by atoms with Crippen LogP contribution in [0.25, 0.3) is 0 Å². The second-order valence-electron chi connectivity index (χ2n) is 10.1. The zero-order valence-corrected chi connectivity index (χ0v) is 19.6. The van der Waals surface area contributed by atoms with E-state index in [0.29, 0.717) is 26.3 Å². The molecule has 1 atom stereocenters. The lowest BCUT2D eigenvalue weighted by atomic mass is 9.48. The van der Waals surface area contributed by atoms with Gasteiger partial charge in [-0.05, 0) is 86.8 Å². The molecule has 31 heavy (non-hydrogen) atoms. The van der Waals surface area contributed by atoms with Gasteiger partial charge in [0.1, 0.15) is 0 Å². The number of rotatable bonds is 5. The normalized spacial score (nSPS) is 33.9. The van der Waals surface area contributed by atoms with Gasteiger partial charge in [-0.15, -0.1) is 0 Å². The number of ether oxygens (including phenoxy) is 1. The molecular formula is C23H31ClN2O4S. The largest absolute Gasteiger partial charge is 0.379 e. The summed E-state index contributed by atoms with van der Waals surface area (Å²) in [7, 11) is -3.69. The summed E-state index contributed by atoms with van der Waals surface area (Å²) in [5.74, 6) is 2.12. The van der Waals surface area contributed by atoms with E-state index in [4.69, 9.17) is 16.3 Å². The van der Waals surface area contributed by atoms with Gasteiger partial charge >= 0.3 is 0 Å². The Bertz CT molecular complexity index is 939. The first-order valence-corrected chi connectivity index (χ1v) is 13.3. The summed E-state index contributed by atoms with van der Waals surface area (Å²) in [5.41, 5.74) is 0.404. The number of nitrogens with one attached hydrogen (secondary N) is 1. The third-order valence-corrected chi connectivity index (χ3v) is 10.4. The van der Waals surface area contributed by atoms with Crippen LogP contribution in [0.2, 0.25) is 5.02 Å². The van der Waals surface area contributed by atoms with Gasteiger partial charge in [0.2, 0.25) is 10.0 Å².